The summed E-state index contributed by atoms with van der Waals surface area (Å²) in [6, 6.07) is 9.31. The van der Waals surface area contributed by atoms with Gasteiger partial charge in [-0.2, -0.15) is 0 Å². The molecule has 1 aliphatic carbocycles. The van der Waals surface area contributed by atoms with Crippen LogP contribution in [0.2, 0.25) is 0 Å². The fourth-order valence-corrected chi connectivity index (χ4v) is 4.48. The Bertz CT molecular complexity index is 927. The van der Waals surface area contributed by atoms with Gasteiger partial charge in [0.2, 0.25) is 5.88 Å². The van der Waals surface area contributed by atoms with Gasteiger partial charge < -0.3 is 20.3 Å². The number of aromatic nitrogens is 1. The van der Waals surface area contributed by atoms with Crippen LogP contribution in [0.4, 0.5) is 0 Å². The van der Waals surface area contributed by atoms with E-state index >= 15 is 0 Å². The van der Waals surface area contributed by atoms with E-state index in [2.05, 4.69) is 30.3 Å². The largest absolute Gasteiger partial charge is 0.474 e. The highest BCUT2D eigenvalue weighted by Gasteiger charge is 2.31. The van der Waals surface area contributed by atoms with Gasteiger partial charge in [0.05, 0.1) is 17.7 Å². The molecule has 4 N–H and O–H groups in total. The number of ether oxygens (including phenoxy) is 1. The Morgan fingerprint density at radius 3 is 2.37 bits per heavy atom. The maximum absolute atomic E-state index is 11.0. The van der Waals surface area contributed by atoms with Crippen molar-refractivity contribution in [1.29, 1.82) is 0 Å². The van der Waals surface area contributed by atoms with Crippen molar-refractivity contribution < 1.29 is 23.6 Å². The summed E-state index contributed by atoms with van der Waals surface area (Å²) in [5.41, 5.74) is 7.01. The van der Waals surface area contributed by atoms with Gasteiger partial charge in [-0.3, -0.25) is 4.52 Å². The van der Waals surface area contributed by atoms with Crippen LogP contribution in [0.1, 0.15) is 58.9 Å². The number of nitrogens with zero attached hydrogens (tertiary/aromatic N) is 1. The normalized spacial score (nSPS) is 22.6. The van der Waals surface area contributed by atoms with E-state index in [-0.39, 0.29) is 12.7 Å². The molecule has 1 aliphatic rings. The molecule has 0 amide bonds. The van der Waals surface area contributed by atoms with Crippen LogP contribution in [0.5, 0.6) is 5.88 Å². The van der Waals surface area contributed by atoms with Crippen molar-refractivity contribution in [3.8, 4) is 5.88 Å². The molecule has 1 aromatic carbocycles. The molecule has 0 aliphatic heterocycles. The summed E-state index contributed by atoms with van der Waals surface area (Å²) in [5.74, 6) is 1.36. The summed E-state index contributed by atoms with van der Waals surface area (Å²) in [6.07, 6.45) is 4.65. The van der Waals surface area contributed by atoms with Crippen molar-refractivity contribution in [3.05, 3.63) is 35.9 Å². The van der Waals surface area contributed by atoms with Gasteiger partial charge in [-0.25, -0.2) is 9.55 Å². The standard InChI is InChI=1S/C22H33N2O5P/c1-21(2,3)16-6-9-18(10-7-16)29-20-12-5-15-13-17(8-11-19(15)24-20)22(4,23)14-28-30(25,26)27/h5,8,11-13,16,18H,6-7,9-10,14,23H2,1-4H3,(H2,25,26,27)/t16?,18?,22-/m0/s1. The maximum atomic E-state index is 11.0. The first-order valence-corrected chi connectivity index (χ1v) is 11.9. The smallest absolute Gasteiger partial charge is 0.469 e. The van der Waals surface area contributed by atoms with Gasteiger partial charge in [0.15, 0.2) is 0 Å². The Hall–Kier alpha value is -1.50. The molecule has 166 valence electrons. The van der Waals surface area contributed by atoms with E-state index in [1.165, 1.54) is 12.8 Å². The third-order valence-corrected chi connectivity index (χ3v) is 6.51. The number of pyridine rings is 1. The summed E-state index contributed by atoms with van der Waals surface area (Å²) in [7, 11) is -4.58. The summed E-state index contributed by atoms with van der Waals surface area (Å²) >= 11 is 0. The molecule has 1 aromatic heterocycles. The highest BCUT2D eigenvalue weighted by atomic mass is 31.2. The van der Waals surface area contributed by atoms with E-state index < -0.39 is 13.4 Å². The first kappa shape index (κ1) is 23.2. The minimum absolute atomic E-state index is 0.199. The van der Waals surface area contributed by atoms with Crippen molar-refractivity contribution in [2.75, 3.05) is 6.61 Å². The molecule has 0 unspecified atom stereocenters. The lowest BCUT2D eigenvalue weighted by Gasteiger charge is -2.36. The Morgan fingerprint density at radius 2 is 1.77 bits per heavy atom. The third kappa shape index (κ3) is 6.02. The Labute approximate surface area is 178 Å². The van der Waals surface area contributed by atoms with Crippen LogP contribution in [-0.2, 0) is 14.6 Å². The highest BCUT2D eigenvalue weighted by Crippen LogP contribution is 2.39. The predicted octanol–water partition coefficient (Wildman–Crippen LogP) is 4.50. The van der Waals surface area contributed by atoms with Gasteiger partial charge in [0.25, 0.3) is 0 Å². The van der Waals surface area contributed by atoms with Crippen molar-refractivity contribution in [2.24, 2.45) is 17.1 Å². The number of phosphoric ester groups is 1. The van der Waals surface area contributed by atoms with Gasteiger partial charge >= 0.3 is 7.82 Å². The van der Waals surface area contributed by atoms with Gasteiger partial charge in [-0.05, 0) is 67.7 Å². The van der Waals surface area contributed by atoms with E-state index in [4.69, 9.17) is 20.3 Å². The average molecular weight is 436 g/mol. The van der Waals surface area contributed by atoms with Crippen molar-refractivity contribution >= 4 is 18.7 Å². The zero-order valence-electron chi connectivity index (χ0n) is 18.2. The van der Waals surface area contributed by atoms with E-state index in [9.17, 15) is 4.57 Å². The molecule has 0 radical (unpaired) electrons. The van der Waals surface area contributed by atoms with Crippen LogP contribution < -0.4 is 10.5 Å². The molecular weight excluding hydrogens is 403 g/mol. The number of rotatable bonds is 6. The first-order valence-electron chi connectivity index (χ1n) is 10.4. The van der Waals surface area contributed by atoms with Gasteiger partial charge in [0, 0.05) is 11.5 Å². The van der Waals surface area contributed by atoms with E-state index in [1.807, 2.05) is 24.3 Å². The molecule has 1 heterocycles. The van der Waals surface area contributed by atoms with E-state index in [0.29, 0.717) is 16.9 Å². The third-order valence-electron chi connectivity index (χ3n) is 6.04. The molecule has 8 heteroatoms. The lowest BCUT2D eigenvalue weighted by atomic mass is 9.72. The fourth-order valence-electron chi connectivity index (χ4n) is 4.05. The lowest BCUT2D eigenvalue weighted by molar-refractivity contribution is 0.0854. The molecule has 30 heavy (non-hydrogen) atoms. The first-order chi connectivity index (χ1) is 13.8. The molecule has 3 rings (SSSR count). The zero-order chi connectivity index (χ0) is 22.2. The van der Waals surface area contributed by atoms with Crippen molar-refractivity contribution in [2.45, 2.75) is 65.0 Å². The maximum Gasteiger partial charge on any atom is 0.469 e. The van der Waals surface area contributed by atoms with Gasteiger partial charge in [-0.1, -0.05) is 26.8 Å². The molecule has 1 atom stereocenters. The number of hydrogen-bond acceptors (Lipinski definition) is 5. The van der Waals surface area contributed by atoms with E-state index in [0.717, 1.165) is 29.7 Å². The highest BCUT2D eigenvalue weighted by molar-refractivity contribution is 7.46. The lowest BCUT2D eigenvalue weighted by Crippen LogP contribution is -2.37. The SMILES string of the molecule is CC(C)(C)C1CCC(Oc2ccc3cc([C@@](C)(N)COP(=O)(O)O)ccc3n2)CC1. The molecule has 7 nitrogen and oxygen atoms in total. The van der Waals surface area contributed by atoms with Gasteiger partial charge in [0.1, 0.15) is 6.10 Å². The molecule has 2 aromatic rings. The van der Waals surface area contributed by atoms with Crippen LogP contribution in [-0.4, -0.2) is 27.5 Å². The van der Waals surface area contributed by atoms with Crippen LogP contribution >= 0.6 is 7.82 Å². The minimum atomic E-state index is -4.58. The van der Waals surface area contributed by atoms with Crippen molar-refractivity contribution in [3.63, 3.8) is 0 Å². The monoisotopic (exact) mass is 436 g/mol. The molecule has 0 spiro atoms. The second-order valence-electron chi connectivity index (χ2n) is 9.70. The Kier molecular flexibility index (Phi) is 6.61. The minimum Gasteiger partial charge on any atom is -0.474 e. The number of phosphoric acid groups is 1. The number of hydrogen-bond donors (Lipinski definition) is 3. The number of nitrogens with two attached hydrogens (primary N) is 1. The second kappa shape index (κ2) is 8.56. The fraction of sp³-hybridized carbons (Fsp3) is 0.591. The molecule has 1 saturated carbocycles. The molecule has 1 fully saturated rings. The average Bonchev–Trinajstić information content (AvgIpc) is 2.65. The van der Waals surface area contributed by atoms with Crippen LogP contribution in [0, 0.1) is 11.3 Å². The second-order valence-corrected chi connectivity index (χ2v) is 10.9. The Morgan fingerprint density at radius 1 is 1.10 bits per heavy atom. The molecular formula is C22H33N2O5P. The van der Waals surface area contributed by atoms with Crippen LogP contribution in [0.3, 0.4) is 0 Å². The number of fused-ring (bicyclic) bond motifs is 1. The zero-order valence-corrected chi connectivity index (χ0v) is 19.1. The number of benzene rings is 1. The summed E-state index contributed by atoms with van der Waals surface area (Å²) in [6.45, 7) is 8.30. The summed E-state index contributed by atoms with van der Waals surface area (Å²) < 4.78 is 21.7. The van der Waals surface area contributed by atoms with Crippen LogP contribution in [0.15, 0.2) is 30.3 Å². The summed E-state index contributed by atoms with van der Waals surface area (Å²) in [4.78, 5) is 22.5. The topological polar surface area (TPSA) is 115 Å². The predicted molar refractivity (Wildman–Crippen MR) is 117 cm³/mol. The Balaban J connectivity index is 1.68. The quantitative estimate of drug-likeness (QED) is 0.571. The summed E-state index contributed by atoms with van der Waals surface area (Å²) in [5, 5.41) is 0.879. The van der Waals surface area contributed by atoms with Gasteiger partial charge in [-0.15, -0.1) is 0 Å². The van der Waals surface area contributed by atoms with Crippen LogP contribution in [0.25, 0.3) is 10.9 Å². The molecule has 0 saturated heterocycles. The molecule has 0 bridgehead atoms. The van der Waals surface area contributed by atoms with E-state index in [1.54, 1.807) is 13.0 Å². The van der Waals surface area contributed by atoms with Crippen molar-refractivity contribution in [1.82, 2.24) is 4.98 Å².